The summed E-state index contributed by atoms with van der Waals surface area (Å²) in [7, 11) is 3.81. The lowest BCUT2D eigenvalue weighted by molar-refractivity contribution is 0.160. The number of hydrogen-bond donors (Lipinski definition) is 0. The van der Waals surface area contributed by atoms with E-state index in [1.165, 1.54) is 25.9 Å². The highest BCUT2D eigenvalue weighted by atomic mass is 16.5. The molecule has 0 aliphatic carbocycles. The van der Waals surface area contributed by atoms with E-state index in [-0.39, 0.29) is 0 Å². The summed E-state index contributed by atoms with van der Waals surface area (Å²) in [6.07, 6.45) is 2.44. The van der Waals surface area contributed by atoms with Crippen LogP contribution in [0.3, 0.4) is 0 Å². The zero-order chi connectivity index (χ0) is 14.7. The van der Waals surface area contributed by atoms with Crippen LogP contribution < -0.4 is 9.47 Å². The molecule has 1 aromatic carbocycles. The first-order valence-electron chi connectivity index (χ1n) is 7.51. The van der Waals surface area contributed by atoms with E-state index >= 15 is 0 Å². The number of benzene rings is 1. The Balaban J connectivity index is 1.66. The average Bonchev–Trinajstić information content (AvgIpc) is 2.53. The van der Waals surface area contributed by atoms with Gasteiger partial charge in [-0.25, -0.2) is 4.98 Å². The summed E-state index contributed by atoms with van der Waals surface area (Å²) in [6, 6.07) is 9.95. The lowest BCUT2D eigenvalue weighted by atomic mass is 9.98. The first-order valence-corrected chi connectivity index (χ1v) is 7.51. The Morgan fingerprint density at radius 2 is 1.95 bits per heavy atom. The minimum atomic E-state index is 0.634. The second kappa shape index (κ2) is 6.31. The van der Waals surface area contributed by atoms with Gasteiger partial charge in [-0.05, 0) is 57.1 Å². The third-order valence-corrected chi connectivity index (χ3v) is 4.17. The van der Waals surface area contributed by atoms with Crippen LogP contribution in [0.15, 0.2) is 30.3 Å². The van der Waals surface area contributed by atoms with Crippen molar-refractivity contribution in [3.63, 3.8) is 0 Å². The Morgan fingerprint density at radius 3 is 2.71 bits per heavy atom. The number of aromatic nitrogens is 1. The summed E-state index contributed by atoms with van der Waals surface area (Å²) in [5.41, 5.74) is 0.912. The number of likely N-dealkylation sites (tertiary alicyclic amines) is 1. The zero-order valence-electron chi connectivity index (χ0n) is 12.7. The standard InChI is InChI=1S/C17H22N2O2/c1-19-9-7-13(8-10-19)12-21-15-5-3-14-4-6-17(20-2)18-16(14)11-15/h3-6,11,13H,7-10,12H2,1-2H3. The molecule has 1 aliphatic heterocycles. The third kappa shape index (κ3) is 3.45. The van der Waals surface area contributed by atoms with Crippen LogP contribution in [0.25, 0.3) is 10.9 Å². The molecule has 1 aliphatic rings. The summed E-state index contributed by atoms with van der Waals surface area (Å²) < 4.78 is 11.1. The molecule has 0 atom stereocenters. The van der Waals surface area contributed by atoms with Crippen LogP contribution in [-0.2, 0) is 0 Å². The van der Waals surface area contributed by atoms with E-state index in [0.29, 0.717) is 11.8 Å². The summed E-state index contributed by atoms with van der Waals surface area (Å²) in [5, 5.41) is 1.10. The Morgan fingerprint density at radius 1 is 1.19 bits per heavy atom. The molecule has 0 unspecified atom stereocenters. The molecule has 0 amide bonds. The SMILES string of the molecule is COc1ccc2ccc(OCC3CCN(C)CC3)cc2n1. The predicted octanol–water partition coefficient (Wildman–Crippen LogP) is 2.96. The fourth-order valence-corrected chi connectivity index (χ4v) is 2.72. The lowest BCUT2D eigenvalue weighted by Gasteiger charge is -2.28. The van der Waals surface area contributed by atoms with E-state index < -0.39 is 0 Å². The molecule has 0 radical (unpaired) electrons. The smallest absolute Gasteiger partial charge is 0.213 e. The molecular weight excluding hydrogens is 264 g/mol. The Hall–Kier alpha value is -1.81. The number of hydrogen-bond acceptors (Lipinski definition) is 4. The van der Waals surface area contributed by atoms with Crippen molar-refractivity contribution in [2.75, 3.05) is 33.9 Å². The van der Waals surface area contributed by atoms with Crippen LogP contribution in [0.1, 0.15) is 12.8 Å². The quantitative estimate of drug-likeness (QED) is 0.865. The van der Waals surface area contributed by atoms with Gasteiger partial charge in [0, 0.05) is 17.5 Å². The topological polar surface area (TPSA) is 34.6 Å². The molecule has 4 nitrogen and oxygen atoms in total. The molecule has 0 saturated carbocycles. The van der Waals surface area contributed by atoms with Gasteiger partial charge in [-0.15, -0.1) is 0 Å². The van der Waals surface area contributed by atoms with Crippen molar-refractivity contribution in [3.8, 4) is 11.6 Å². The monoisotopic (exact) mass is 286 g/mol. The fraction of sp³-hybridized carbons (Fsp3) is 0.471. The largest absolute Gasteiger partial charge is 0.493 e. The Kier molecular flexibility index (Phi) is 4.25. The zero-order valence-corrected chi connectivity index (χ0v) is 12.7. The molecule has 3 rings (SSSR count). The molecular formula is C17H22N2O2. The number of ether oxygens (including phenoxy) is 2. The van der Waals surface area contributed by atoms with E-state index in [1.54, 1.807) is 7.11 Å². The molecule has 4 heteroatoms. The van der Waals surface area contributed by atoms with Crippen molar-refractivity contribution in [3.05, 3.63) is 30.3 Å². The number of piperidine rings is 1. The summed E-state index contributed by atoms with van der Waals surface area (Å²) in [6.45, 7) is 3.14. The van der Waals surface area contributed by atoms with Gasteiger partial charge in [0.05, 0.1) is 19.2 Å². The minimum absolute atomic E-state index is 0.634. The van der Waals surface area contributed by atoms with Crippen molar-refractivity contribution in [2.45, 2.75) is 12.8 Å². The molecule has 0 spiro atoms. The molecule has 0 bridgehead atoms. The van der Waals surface area contributed by atoms with Crippen molar-refractivity contribution in [2.24, 2.45) is 5.92 Å². The van der Waals surface area contributed by atoms with Gasteiger partial charge in [-0.3, -0.25) is 0 Å². The van der Waals surface area contributed by atoms with Gasteiger partial charge >= 0.3 is 0 Å². The number of rotatable bonds is 4. The van der Waals surface area contributed by atoms with Crippen molar-refractivity contribution in [1.82, 2.24) is 9.88 Å². The molecule has 2 heterocycles. The second-order valence-corrected chi connectivity index (χ2v) is 5.77. The molecule has 1 saturated heterocycles. The van der Waals surface area contributed by atoms with Gasteiger partial charge in [0.15, 0.2) is 0 Å². The Labute approximate surface area is 125 Å². The van der Waals surface area contributed by atoms with Gasteiger partial charge in [0.2, 0.25) is 5.88 Å². The van der Waals surface area contributed by atoms with Gasteiger partial charge in [0.25, 0.3) is 0 Å². The van der Waals surface area contributed by atoms with Crippen LogP contribution in [0.2, 0.25) is 0 Å². The van der Waals surface area contributed by atoms with Crippen molar-refractivity contribution < 1.29 is 9.47 Å². The number of nitrogens with zero attached hydrogens (tertiary/aromatic N) is 2. The number of fused-ring (bicyclic) bond motifs is 1. The maximum Gasteiger partial charge on any atom is 0.213 e. The first kappa shape index (κ1) is 14.1. The number of pyridine rings is 1. The van der Waals surface area contributed by atoms with Gasteiger partial charge in [-0.1, -0.05) is 0 Å². The van der Waals surface area contributed by atoms with E-state index in [9.17, 15) is 0 Å². The van der Waals surface area contributed by atoms with E-state index in [1.807, 2.05) is 30.3 Å². The van der Waals surface area contributed by atoms with Crippen LogP contribution in [-0.4, -0.2) is 43.7 Å². The average molecular weight is 286 g/mol. The maximum atomic E-state index is 5.96. The van der Waals surface area contributed by atoms with Crippen LogP contribution >= 0.6 is 0 Å². The highest BCUT2D eigenvalue weighted by Crippen LogP contribution is 2.23. The fourth-order valence-electron chi connectivity index (χ4n) is 2.72. The minimum Gasteiger partial charge on any atom is -0.493 e. The highest BCUT2D eigenvalue weighted by Gasteiger charge is 2.17. The molecule has 21 heavy (non-hydrogen) atoms. The molecule has 112 valence electrons. The predicted molar refractivity (Wildman–Crippen MR) is 84.0 cm³/mol. The second-order valence-electron chi connectivity index (χ2n) is 5.77. The van der Waals surface area contributed by atoms with Crippen molar-refractivity contribution >= 4 is 10.9 Å². The first-order chi connectivity index (χ1) is 10.2. The van der Waals surface area contributed by atoms with E-state index in [0.717, 1.165) is 23.3 Å². The number of methoxy groups -OCH3 is 1. The molecule has 2 aromatic rings. The van der Waals surface area contributed by atoms with E-state index in [4.69, 9.17) is 9.47 Å². The van der Waals surface area contributed by atoms with Crippen LogP contribution in [0.5, 0.6) is 11.6 Å². The maximum absolute atomic E-state index is 5.96. The molecule has 0 N–H and O–H groups in total. The summed E-state index contributed by atoms with van der Waals surface area (Å²) in [5.74, 6) is 2.19. The van der Waals surface area contributed by atoms with Crippen molar-refractivity contribution in [1.29, 1.82) is 0 Å². The normalized spacial score (nSPS) is 17.0. The lowest BCUT2D eigenvalue weighted by Crippen LogP contribution is -2.32. The van der Waals surface area contributed by atoms with E-state index in [2.05, 4.69) is 16.9 Å². The third-order valence-electron chi connectivity index (χ3n) is 4.17. The highest BCUT2D eigenvalue weighted by molar-refractivity contribution is 5.80. The molecule has 1 fully saturated rings. The van der Waals surface area contributed by atoms with Gasteiger partial charge in [-0.2, -0.15) is 0 Å². The Bertz CT molecular complexity index is 607. The summed E-state index contributed by atoms with van der Waals surface area (Å²) >= 11 is 0. The van der Waals surface area contributed by atoms with Gasteiger partial charge < -0.3 is 14.4 Å². The molecule has 1 aromatic heterocycles. The van der Waals surface area contributed by atoms with Gasteiger partial charge in [0.1, 0.15) is 5.75 Å². The van der Waals surface area contributed by atoms with Crippen LogP contribution in [0, 0.1) is 5.92 Å². The van der Waals surface area contributed by atoms with Crippen LogP contribution in [0.4, 0.5) is 0 Å². The summed E-state index contributed by atoms with van der Waals surface area (Å²) in [4.78, 5) is 6.83.